The highest BCUT2D eigenvalue weighted by Crippen LogP contribution is 2.25. The van der Waals surface area contributed by atoms with E-state index >= 15 is 0 Å². The average molecular weight is 551 g/mol. The number of nitro benzene ring substituents is 1. The maximum absolute atomic E-state index is 12.4. The van der Waals surface area contributed by atoms with Crippen LogP contribution in [0, 0.1) is 16.0 Å². The molecule has 12 nitrogen and oxygen atoms in total. The fourth-order valence-corrected chi connectivity index (χ4v) is 4.26. The number of hydrogen-bond donors (Lipinski definition) is 2. The summed E-state index contributed by atoms with van der Waals surface area (Å²) in [7, 11) is 0. The molecule has 3 aromatic rings. The van der Waals surface area contributed by atoms with Gasteiger partial charge in [0.15, 0.2) is 0 Å². The van der Waals surface area contributed by atoms with Crippen LogP contribution in [0.4, 0.5) is 5.69 Å². The molecular weight excluding hydrogens is 520 g/mol. The van der Waals surface area contributed by atoms with Crippen LogP contribution in [0.15, 0.2) is 71.3 Å². The number of non-ortho nitro benzene ring substituents is 1. The molecule has 0 unspecified atom stereocenters. The highest BCUT2D eigenvalue weighted by molar-refractivity contribution is 5.92. The fraction of sp³-hybridized carbons (Fsp3) is 0.321. The van der Waals surface area contributed by atoms with E-state index in [1.54, 1.807) is 0 Å². The van der Waals surface area contributed by atoms with Crippen LogP contribution in [-0.4, -0.2) is 61.0 Å². The summed E-state index contributed by atoms with van der Waals surface area (Å²) in [6.45, 7) is 3.19. The molecule has 40 heavy (non-hydrogen) atoms. The second kappa shape index (κ2) is 15.0. The number of ketones is 1. The summed E-state index contributed by atoms with van der Waals surface area (Å²) >= 11 is 0. The first-order valence-corrected chi connectivity index (χ1v) is 12.7. The van der Waals surface area contributed by atoms with Crippen LogP contribution in [0.5, 0.6) is 0 Å². The molecule has 1 aromatic heterocycles. The topological polar surface area (TPSA) is 177 Å². The van der Waals surface area contributed by atoms with Gasteiger partial charge in [-0.05, 0) is 62.4 Å². The van der Waals surface area contributed by atoms with Gasteiger partial charge in [0.05, 0.1) is 4.92 Å². The number of nitrogens with zero attached hydrogens (tertiary/aromatic N) is 4. The van der Waals surface area contributed by atoms with E-state index in [2.05, 4.69) is 39.3 Å². The third-order valence-electron chi connectivity index (χ3n) is 6.34. The zero-order valence-electron chi connectivity index (χ0n) is 21.7. The number of piperidine rings is 1. The minimum atomic E-state index is -1.26. The van der Waals surface area contributed by atoms with Crippen LogP contribution < -0.4 is 0 Å². The predicted molar refractivity (Wildman–Crippen MR) is 143 cm³/mol. The first kappa shape index (κ1) is 29.8. The fourth-order valence-electron chi connectivity index (χ4n) is 4.26. The van der Waals surface area contributed by atoms with Gasteiger partial charge >= 0.3 is 11.9 Å². The van der Waals surface area contributed by atoms with Gasteiger partial charge in [-0.15, -0.1) is 0 Å². The molecule has 12 heteroatoms. The molecule has 2 N–H and O–H groups in total. The third kappa shape index (κ3) is 9.87. The number of carboxylic acids is 2. The molecule has 0 amide bonds. The van der Waals surface area contributed by atoms with Gasteiger partial charge in [-0.2, -0.15) is 4.98 Å². The Morgan fingerprint density at radius 2 is 1.62 bits per heavy atom. The average Bonchev–Trinajstić information content (AvgIpc) is 3.44. The number of benzene rings is 2. The molecule has 0 spiro atoms. The number of carbonyl (C=O) groups excluding carboxylic acids is 1. The van der Waals surface area contributed by atoms with E-state index in [-0.39, 0.29) is 23.2 Å². The Kier molecular flexibility index (Phi) is 11.2. The maximum atomic E-state index is 12.4. The number of rotatable bonds is 11. The van der Waals surface area contributed by atoms with Crippen molar-refractivity contribution >= 4 is 23.4 Å². The number of hydrogen-bond acceptors (Lipinski definition) is 9. The number of aromatic nitrogens is 2. The van der Waals surface area contributed by atoms with Crippen LogP contribution in [0.1, 0.15) is 48.3 Å². The predicted octanol–water partition coefficient (Wildman–Crippen LogP) is 4.62. The van der Waals surface area contributed by atoms with E-state index in [0.717, 1.165) is 45.3 Å². The van der Waals surface area contributed by atoms with Crippen LogP contribution in [0.25, 0.3) is 11.5 Å². The number of likely N-dealkylation sites (tertiary alicyclic amines) is 1. The second-order valence-electron chi connectivity index (χ2n) is 9.26. The smallest absolute Gasteiger partial charge is 0.328 e. The largest absolute Gasteiger partial charge is 0.478 e. The number of carbonyl (C=O) groups is 3. The van der Waals surface area contributed by atoms with Crippen LogP contribution in [0.3, 0.4) is 0 Å². The number of Topliss-reactive ketones (excluding diaryl/α,β-unsaturated/α-hetero) is 1. The Bertz CT molecular complexity index is 1300. The third-order valence-corrected chi connectivity index (χ3v) is 6.34. The van der Waals surface area contributed by atoms with Crippen LogP contribution in [-0.2, 0) is 16.1 Å². The lowest BCUT2D eigenvalue weighted by Gasteiger charge is -2.32. The van der Waals surface area contributed by atoms with E-state index in [1.807, 2.05) is 6.07 Å². The van der Waals surface area contributed by atoms with Gasteiger partial charge in [-0.1, -0.05) is 35.5 Å². The molecule has 0 aliphatic carbocycles. The maximum Gasteiger partial charge on any atom is 0.328 e. The number of carboxylic acid groups (broad SMARTS) is 2. The van der Waals surface area contributed by atoms with Gasteiger partial charge in [-0.25, -0.2) is 9.59 Å². The first-order valence-electron chi connectivity index (χ1n) is 12.7. The van der Waals surface area contributed by atoms with Gasteiger partial charge in [0.2, 0.25) is 11.6 Å². The molecule has 1 aliphatic rings. The summed E-state index contributed by atoms with van der Waals surface area (Å²) in [4.78, 5) is 48.5. The van der Waals surface area contributed by atoms with Crippen molar-refractivity contribution in [2.45, 2.75) is 38.6 Å². The molecule has 2 aromatic carbocycles. The molecule has 2 heterocycles. The highest BCUT2D eigenvalue weighted by Gasteiger charge is 2.21. The minimum absolute atomic E-state index is 0.0181. The van der Waals surface area contributed by atoms with Crippen LogP contribution in [0.2, 0.25) is 0 Å². The van der Waals surface area contributed by atoms with Crippen molar-refractivity contribution in [2.75, 3.05) is 13.1 Å². The molecule has 1 fully saturated rings. The summed E-state index contributed by atoms with van der Waals surface area (Å²) < 4.78 is 5.17. The first-order chi connectivity index (χ1) is 19.2. The van der Waals surface area contributed by atoms with Crippen molar-refractivity contribution < 1.29 is 34.0 Å². The van der Waals surface area contributed by atoms with E-state index in [4.69, 9.17) is 14.7 Å². The Morgan fingerprint density at radius 1 is 1.00 bits per heavy atom. The molecule has 0 radical (unpaired) electrons. The number of aliphatic carboxylic acids is 2. The van der Waals surface area contributed by atoms with Gasteiger partial charge in [-0.3, -0.25) is 19.8 Å². The summed E-state index contributed by atoms with van der Waals surface area (Å²) in [6, 6.07) is 16.3. The normalized spacial score (nSPS) is 13.9. The molecule has 0 saturated carbocycles. The number of nitro groups is 1. The molecular formula is C28H30N4O8. The lowest BCUT2D eigenvalue weighted by Crippen LogP contribution is -2.33. The standard InChI is InChI=1S/C24H26N4O4.C4H4O4/c29-22(23-25-24(32-26-23)20-9-11-21(12-10-20)28(30)31)8-4-7-18-13-15-27(16-14-18)17-19-5-2-1-3-6-19;5-3(6)1-2-4(7)8/h1-3,5-6,9-12,18H,4,7-8,13-17H2;1-2H,(H,5,6)(H,7,8)/b;2-1+. The van der Waals surface area contributed by atoms with Crippen molar-refractivity contribution in [1.29, 1.82) is 0 Å². The SMILES string of the molecule is O=C(CCCC1CCN(Cc2ccccc2)CC1)c1noc(-c2ccc([N+](=O)[O-])cc2)n1.O=C(O)/C=C/C(=O)O. The van der Waals surface area contributed by atoms with Crippen molar-refractivity contribution in [3.8, 4) is 11.5 Å². The van der Waals surface area contributed by atoms with Gasteiger partial charge in [0.25, 0.3) is 11.6 Å². The van der Waals surface area contributed by atoms with Crippen molar-refractivity contribution in [3.63, 3.8) is 0 Å². The molecule has 1 saturated heterocycles. The van der Waals surface area contributed by atoms with Crippen molar-refractivity contribution in [3.05, 3.63) is 88.3 Å². The lowest BCUT2D eigenvalue weighted by molar-refractivity contribution is -0.384. The zero-order chi connectivity index (χ0) is 28.9. The van der Waals surface area contributed by atoms with Gasteiger partial charge < -0.3 is 14.7 Å². The summed E-state index contributed by atoms with van der Waals surface area (Å²) in [5.74, 6) is -1.75. The molecule has 0 bridgehead atoms. The van der Waals surface area contributed by atoms with Gasteiger partial charge in [0, 0.05) is 42.8 Å². The summed E-state index contributed by atoms with van der Waals surface area (Å²) in [5, 5.41) is 30.2. The van der Waals surface area contributed by atoms with Crippen LogP contribution >= 0.6 is 0 Å². The quantitative estimate of drug-likeness (QED) is 0.147. The van der Waals surface area contributed by atoms with E-state index in [9.17, 15) is 24.5 Å². The Balaban J connectivity index is 0.000000482. The lowest BCUT2D eigenvalue weighted by atomic mass is 9.91. The summed E-state index contributed by atoms with van der Waals surface area (Å²) in [6.07, 6.45) is 5.66. The molecule has 210 valence electrons. The molecule has 4 rings (SSSR count). The second-order valence-corrected chi connectivity index (χ2v) is 9.26. The Hall–Kier alpha value is -4.71. The van der Waals surface area contributed by atoms with Crippen molar-refractivity contribution in [1.82, 2.24) is 15.0 Å². The monoisotopic (exact) mass is 550 g/mol. The molecule has 0 atom stereocenters. The Morgan fingerprint density at radius 3 is 2.20 bits per heavy atom. The summed E-state index contributed by atoms with van der Waals surface area (Å²) in [5.41, 5.74) is 1.88. The Labute approximate surface area is 230 Å². The zero-order valence-corrected chi connectivity index (χ0v) is 21.7. The van der Waals surface area contributed by atoms with Crippen molar-refractivity contribution in [2.24, 2.45) is 5.92 Å². The molecule has 1 aliphatic heterocycles. The van der Waals surface area contributed by atoms with E-state index in [1.165, 1.54) is 29.8 Å². The minimum Gasteiger partial charge on any atom is -0.478 e. The van der Waals surface area contributed by atoms with Gasteiger partial charge in [0.1, 0.15) is 0 Å². The van der Waals surface area contributed by atoms with E-state index in [0.29, 0.717) is 30.1 Å². The highest BCUT2D eigenvalue weighted by atomic mass is 16.6. The van der Waals surface area contributed by atoms with E-state index < -0.39 is 16.9 Å².